The van der Waals surface area contributed by atoms with Crippen molar-refractivity contribution >= 4 is 17.1 Å². The van der Waals surface area contributed by atoms with Gasteiger partial charge in [-0.2, -0.15) is 0 Å². The van der Waals surface area contributed by atoms with Gasteiger partial charge in [0.25, 0.3) is 0 Å². The summed E-state index contributed by atoms with van der Waals surface area (Å²) in [5, 5.41) is 0.933. The van der Waals surface area contributed by atoms with Crippen molar-refractivity contribution in [3.05, 3.63) is 60.2 Å². The maximum Gasteiger partial charge on any atom is 0.515 e. The van der Waals surface area contributed by atoms with Gasteiger partial charge in [-0.1, -0.05) is 30.3 Å². The molecule has 0 N–H and O–H groups in total. The van der Waals surface area contributed by atoms with Gasteiger partial charge in [0.1, 0.15) is 12.4 Å². The Balaban J connectivity index is 1.77. The van der Waals surface area contributed by atoms with Gasteiger partial charge in [0.2, 0.25) is 5.88 Å². The van der Waals surface area contributed by atoms with Gasteiger partial charge in [-0.15, -0.1) is 0 Å². The third-order valence-electron chi connectivity index (χ3n) is 3.67. The van der Waals surface area contributed by atoms with E-state index in [1.807, 2.05) is 55.6 Å². The fraction of sp³-hybridized carbons (Fsp3) is 0.211. The molecule has 0 radical (unpaired) electrons. The van der Waals surface area contributed by atoms with Crippen LogP contribution in [0.1, 0.15) is 12.5 Å². The van der Waals surface area contributed by atoms with E-state index in [1.165, 1.54) is 0 Å². The van der Waals surface area contributed by atoms with Crippen LogP contribution < -0.4 is 9.47 Å². The van der Waals surface area contributed by atoms with Crippen LogP contribution in [0.4, 0.5) is 4.79 Å². The number of hydrogen-bond donors (Lipinski definition) is 0. The normalized spacial score (nSPS) is 10.6. The van der Waals surface area contributed by atoms with E-state index in [9.17, 15) is 4.79 Å². The Bertz CT molecular complexity index is 839. The van der Waals surface area contributed by atoms with Gasteiger partial charge in [-0.25, -0.2) is 4.79 Å². The van der Waals surface area contributed by atoms with Crippen LogP contribution in [-0.4, -0.2) is 17.3 Å². The lowest BCUT2D eigenvalue weighted by Crippen LogP contribution is -2.11. The summed E-state index contributed by atoms with van der Waals surface area (Å²) < 4.78 is 17.6. The number of carbonyl (C=O) groups is 1. The minimum atomic E-state index is -0.705. The highest BCUT2D eigenvalue weighted by molar-refractivity contribution is 5.84. The lowest BCUT2D eigenvalue weighted by atomic mass is 10.2. The molecule has 3 rings (SSSR count). The first kappa shape index (κ1) is 15.9. The lowest BCUT2D eigenvalue weighted by molar-refractivity contribution is 0.101. The summed E-state index contributed by atoms with van der Waals surface area (Å²) in [7, 11) is 1.83. The molecule has 0 atom stereocenters. The zero-order valence-corrected chi connectivity index (χ0v) is 13.7. The predicted octanol–water partition coefficient (Wildman–Crippen LogP) is 4.29. The second-order valence-corrected chi connectivity index (χ2v) is 5.32. The molecule has 24 heavy (non-hydrogen) atoms. The molecule has 0 saturated heterocycles. The molecule has 5 heteroatoms. The number of fused-ring (bicyclic) bond motifs is 1. The van der Waals surface area contributed by atoms with Crippen molar-refractivity contribution in [2.24, 2.45) is 7.05 Å². The highest BCUT2D eigenvalue weighted by Crippen LogP contribution is 2.28. The smallest absolute Gasteiger partial charge is 0.489 e. The standard InChI is InChI=1S/C19H19NO4/c1-3-22-19(21)24-18-12-15-11-16(9-10-17(15)20(18)2)23-13-14-7-5-4-6-8-14/h4-12H,3,13H2,1-2H3. The van der Waals surface area contributed by atoms with Crippen LogP contribution in [0.25, 0.3) is 10.9 Å². The summed E-state index contributed by atoms with van der Waals surface area (Å²) in [5.74, 6) is 1.20. The number of aryl methyl sites for hydroxylation is 1. The summed E-state index contributed by atoms with van der Waals surface area (Å²) in [5.41, 5.74) is 2.05. The average molecular weight is 325 g/mol. The van der Waals surface area contributed by atoms with Gasteiger partial charge >= 0.3 is 6.16 Å². The molecule has 1 heterocycles. The first-order valence-corrected chi connectivity index (χ1v) is 7.78. The van der Waals surface area contributed by atoms with Crippen molar-refractivity contribution in [2.45, 2.75) is 13.5 Å². The Hall–Kier alpha value is -2.95. The van der Waals surface area contributed by atoms with Crippen molar-refractivity contribution in [2.75, 3.05) is 6.61 Å². The zero-order chi connectivity index (χ0) is 16.9. The van der Waals surface area contributed by atoms with E-state index in [4.69, 9.17) is 14.2 Å². The van der Waals surface area contributed by atoms with Crippen LogP contribution in [0, 0.1) is 0 Å². The number of nitrogens with zero attached hydrogens (tertiary/aromatic N) is 1. The Morgan fingerprint density at radius 3 is 2.62 bits per heavy atom. The van der Waals surface area contributed by atoms with Gasteiger partial charge in [0, 0.05) is 18.5 Å². The summed E-state index contributed by atoms with van der Waals surface area (Å²) >= 11 is 0. The predicted molar refractivity (Wildman–Crippen MR) is 91.3 cm³/mol. The molecule has 1 aromatic heterocycles. The number of aromatic nitrogens is 1. The first-order chi connectivity index (χ1) is 11.7. The molecule has 0 aliphatic rings. The van der Waals surface area contributed by atoms with Gasteiger partial charge in [0.05, 0.1) is 12.1 Å². The molecule has 124 valence electrons. The van der Waals surface area contributed by atoms with E-state index in [0.717, 1.165) is 22.2 Å². The molecular weight excluding hydrogens is 306 g/mol. The van der Waals surface area contributed by atoms with E-state index in [-0.39, 0.29) is 6.61 Å². The van der Waals surface area contributed by atoms with Crippen LogP contribution in [-0.2, 0) is 18.4 Å². The lowest BCUT2D eigenvalue weighted by Gasteiger charge is -2.07. The van der Waals surface area contributed by atoms with Crippen molar-refractivity contribution in [3.8, 4) is 11.6 Å². The van der Waals surface area contributed by atoms with Crippen molar-refractivity contribution in [1.29, 1.82) is 0 Å². The molecule has 0 aliphatic carbocycles. The maximum atomic E-state index is 11.5. The number of hydrogen-bond acceptors (Lipinski definition) is 4. The Morgan fingerprint density at radius 2 is 1.88 bits per heavy atom. The van der Waals surface area contributed by atoms with Gasteiger partial charge < -0.3 is 18.8 Å². The summed E-state index contributed by atoms with van der Waals surface area (Å²) in [6, 6.07) is 17.5. The van der Waals surface area contributed by atoms with Crippen molar-refractivity contribution in [3.63, 3.8) is 0 Å². The molecule has 2 aromatic carbocycles. The minimum Gasteiger partial charge on any atom is -0.489 e. The molecule has 0 bridgehead atoms. The van der Waals surface area contributed by atoms with Gasteiger partial charge in [0.15, 0.2) is 0 Å². The SMILES string of the molecule is CCOC(=O)Oc1cc2cc(OCc3ccccc3)ccc2n1C. The van der Waals surface area contributed by atoms with Crippen LogP contribution in [0.5, 0.6) is 11.6 Å². The molecule has 0 spiro atoms. The third kappa shape index (κ3) is 3.51. The third-order valence-corrected chi connectivity index (χ3v) is 3.67. The number of ether oxygens (including phenoxy) is 3. The second-order valence-electron chi connectivity index (χ2n) is 5.32. The molecule has 5 nitrogen and oxygen atoms in total. The minimum absolute atomic E-state index is 0.278. The van der Waals surface area contributed by atoms with Crippen LogP contribution in [0.15, 0.2) is 54.6 Å². The number of carbonyl (C=O) groups excluding carboxylic acids is 1. The number of rotatable bonds is 5. The zero-order valence-electron chi connectivity index (χ0n) is 13.7. The van der Waals surface area contributed by atoms with E-state index >= 15 is 0 Å². The number of benzene rings is 2. The largest absolute Gasteiger partial charge is 0.515 e. The fourth-order valence-corrected chi connectivity index (χ4v) is 2.46. The van der Waals surface area contributed by atoms with E-state index < -0.39 is 6.16 Å². The molecule has 0 fully saturated rings. The molecule has 0 saturated carbocycles. The average Bonchev–Trinajstić information content (AvgIpc) is 2.89. The summed E-state index contributed by atoms with van der Waals surface area (Å²) in [4.78, 5) is 11.5. The summed E-state index contributed by atoms with van der Waals surface area (Å²) in [6.45, 7) is 2.52. The summed E-state index contributed by atoms with van der Waals surface area (Å²) in [6.07, 6.45) is -0.705. The quantitative estimate of drug-likeness (QED) is 0.657. The molecule has 3 aromatic rings. The highest BCUT2D eigenvalue weighted by Gasteiger charge is 2.12. The maximum absolute atomic E-state index is 11.5. The van der Waals surface area contributed by atoms with Crippen LogP contribution in [0.3, 0.4) is 0 Å². The van der Waals surface area contributed by atoms with Crippen molar-refractivity contribution < 1.29 is 19.0 Å². The molecule has 0 unspecified atom stereocenters. The molecule has 0 amide bonds. The monoisotopic (exact) mass is 325 g/mol. The Kier molecular flexibility index (Phi) is 4.70. The van der Waals surface area contributed by atoms with Gasteiger partial charge in [-0.05, 0) is 30.7 Å². The van der Waals surface area contributed by atoms with Crippen molar-refractivity contribution in [1.82, 2.24) is 4.57 Å². The first-order valence-electron chi connectivity index (χ1n) is 7.78. The Labute approximate surface area is 140 Å². The molecule has 0 aliphatic heterocycles. The van der Waals surface area contributed by atoms with Crippen LogP contribution >= 0.6 is 0 Å². The second kappa shape index (κ2) is 7.08. The molecular formula is C19H19NO4. The topological polar surface area (TPSA) is 49.7 Å². The van der Waals surface area contributed by atoms with E-state index in [0.29, 0.717) is 12.5 Å². The van der Waals surface area contributed by atoms with E-state index in [1.54, 1.807) is 17.6 Å². The van der Waals surface area contributed by atoms with Gasteiger partial charge in [-0.3, -0.25) is 0 Å². The fourth-order valence-electron chi connectivity index (χ4n) is 2.46. The Morgan fingerprint density at radius 1 is 1.08 bits per heavy atom. The highest BCUT2D eigenvalue weighted by atomic mass is 16.7. The van der Waals surface area contributed by atoms with E-state index in [2.05, 4.69) is 0 Å². The van der Waals surface area contributed by atoms with Crippen LogP contribution in [0.2, 0.25) is 0 Å².